The Bertz CT molecular complexity index is 575. The number of urea groups is 1. The lowest BCUT2D eigenvalue weighted by molar-refractivity contribution is -0.383. The normalized spacial score (nSPS) is 25.1. The molecule has 0 radical (unpaired) electrons. The molecule has 0 aliphatic carbocycles. The molecule has 2 aliphatic heterocycles. The summed E-state index contributed by atoms with van der Waals surface area (Å²) in [6, 6.07) is -0.615. The minimum Gasteiger partial charge on any atom is -0.394 e. The molecule has 0 saturated carbocycles. The van der Waals surface area contributed by atoms with Crippen LogP contribution in [-0.2, 0) is 4.79 Å². The van der Waals surface area contributed by atoms with Crippen molar-refractivity contribution in [1.29, 1.82) is 0 Å². The number of amides is 3. The van der Waals surface area contributed by atoms with Crippen LogP contribution in [0.25, 0.3) is 0 Å². The largest absolute Gasteiger partial charge is 0.417 e. The zero-order valence-corrected chi connectivity index (χ0v) is 13.5. The van der Waals surface area contributed by atoms with Gasteiger partial charge in [-0.1, -0.05) is 13.8 Å². The van der Waals surface area contributed by atoms with Crippen LogP contribution in [0.15, 0.2) is 16.8 Å². The van der Waals surface area contributed by atoms with Gasteiger partial charge in [-0.2, -0.15) is 4.90 Å². The van der Waals surface area contributed by atoms with Crippen molar-refractivity contribution in [3.63, 3.8) is 0 Å². The number of hydrogen-bond donors (Lipinski definition) is 2. The second-order valence-corrected chi connectivity index (χ2v) is 5.48. The standard InChI is InChI=1S/C15H22N4O3/c1-5-9-7-16-13-11(12(9)17-10(6-2)8-20)14(21)19(4)15(22)18(13)3/h7,10-11,20H,5-6,8H2,1-4H3/p+1. The third kappa shape index (κ3) is 2.56. The van der Waals surface area contributed by atoms with Gasteiger partial charge in [-0.15, -0.1) is 0 Å². The van der Waals surface area contributed by atoms with E-state index in [0.717, 1.165) is 10.5 Å². The molecular weight excluding hydrogens is 284 g/mol. The number of rotatable bonds is 4. The Morgan fingerprint density at radius 2 is 2.00 bits per heavy atom. The van der Waals surface area contributed by atoms with Gasteiger partial charge in [-0.3, -0.25) is 9.79 Å². The number of carbonyl (C=O) groups excluding carboxylic acids is 2. The number of nitrogens with zero attached hydrogens (tertiary/aromatic N) is 3. The van der Waals surface area contributed by atoms with Crippen LogP contribution < -0.4 is 4.99 Å². The number of amidine groups is 1. The number of nitrogens with one attached hydrogen (secondary N) is 1. The highest BCUT2D eigenvalue weighted by Crippen LogP contribution is 2.23. The van der Waals surface area contributed by atoms with Gasteiger partial charge in [0.1, 0.15) is 0 Å². The molecule has 3 amide bonds. The van der Waals surface area contributed by atoms with Crippen molar-refractivity contribution in [3.8, 4) is 0 Å². The average molecular weight is 307 g/mol. The Labute approximate surface area is 130 Å². The molecule has 22 heavy (non-hydrogen) atoms. The number of allylic oxidation sites excluding steroid dienone is 1. The highest BCUT2D eigenvalue weighted by Gasteiger charge is 2.50. The highest BCUT2D eigenvalue weighted by molar-refractivity contribution is 6.31. The van der Waals surface area contributed by atoms with Gasteiger partial charge in [-0.25, -0.2) is 14.7 Å². The second-order valence-electron chi connectivity index (χ2n) is 5.48. The number of aliphatic hydroxyl groups is 1. The molecule has 2 heterocycles. The van der Waals surface area contributed by atoms with E-state index in [1.54, 1.807) is 13.2 Å². The molecule has 7 heteroatoms. The number of fused-ring (bicyclic) bond motifs is 1. The molecule has 2 atom stereocenters. The van der Waals surface area contributed by atoms with Gasteiger partial charge in [0, 0.05) is 12.6 Å². The maximum absolute atomic E-state index is 12.6. The van der Waals surface area contributed by atoms with Gasteiger partial charge in [0.25, 0.3) is 11.7 Å². The predicted molar refractivity (Wildman–Crippen MR) is 82.4 cm³/mol. The topological polar surface area (TPSA) is 87.2 Å². The zero-order valence-electron chi connectivity index (χ0n) is 13.5. The Kier molecular flexibility index (Phi) is 4.75. The van der Waals surface area contributed by atoms with Crippen molar-refractivity contribution in [1.82, 2.24) is 9.80 Å². The second kappa shape index (κ2) is 6.39. The van der Waals surface area contributed by atoms with E-state index < -0.39 is 5.92 Å². The Morgan fingerprint density at radius 3 is 2.55 bits per heavy atom. The molecule has 0 aromatic heterocycles. The Hall–Kier alpha value is -2.02. The summed E-state index contributed by atoms with van der Waals surface area (Å²) in [5.41, 5.74) is 1.57. The lowest BCUT2D eigenvalue weighted by Crippen LogP contribution is -2.80. The average Bonchev–Trinajstić information content (AvgIpc) is 2.54. The van der Waals surface area contributed by atoms with Gasteiger partial charge in [-0.05, 0) is 12.8 Å². The smallest absolute Gasteiger partial charge is 0.394 e. The number of hydrogen-bond acceptors (Lipinski definition) is 4. The number of aliphatic imine (C=N–C) groups is 1. The summed E-state index contributed by atoms with van der Waals surface area (Å²) in [5, 5.41) is 9.41. The fourth-order valence-corrected chi connectivity index (χ4v) is 2.67. The molecule has 2 N–H and O–H groups in total. The van der Waals surface area contributed by atoms with Crippen molar-refractivity contribution in [2.24, 2.45) is 10.9 Å². The molecule has 2 aliphatic rings. The molecule has 1 fully saturated rings. The molecule has 0 spiro atoms. The Balaban J connectivity index is 2.53. The summed E-state index contributed by atoms with van der Waals surface area (Å²) in [6.45, 7) is 3.86. The molecule has 0 aromatic carbocycles. The molecule has 1 saturated heterocycles. The maximum atomic E-state index is 12.6. The molecule has 0 aromatic rings. The van der Waals surface area contributed by atoms with E-state index in [2.05, 4.69) is 9.98 Å². The summed E-state index contributed by atoms with van der Waals surface area (Å²) in [7, 11) is 3.11. The number of aliphatic hydroxyl groups excluding tert-OH is 1. The summed E-state index contributed by atoms with van der Waals surface area (Å²) >= 11 is 0. The van der Waals surface area contributed by atoms with Crippen LogP contribution in [0.3, 0.4) is 0 Å². The van der Waals surface area contributed by atoms with Crippen LogP contribution in [0.4, 0.5) is 4.79 Å². The number of imide groups is 1. The minimum absolute atomic E-state index is 0.0642. The van der Waals surface area contributed by atoms with Gasteiger partial charge < -0.3 is 5.11 Å². The first-order chi connectivity index (χ1) is 10.5. The summed E-state index contributed by atoms with van der Waals surface area (Å²) in [5.74, 6) is -0.388. The molecule has 7 nitrogen and oxygen atoms in total. The van der Waals surface area contributed by atoms with Crippen LogP contribution in [0.5, 0.6) is 0 Å². The maximum Gasteiger partial charge on any atom is 0.417 e. The SMILES string of the molecule is CCC1=C[NH+]=C2C(C(=O)N(C)C(=O)N2C)C1=NC(CC)CO. The van der Waals surface area contributed by atoms with E-state index in [-0.39, 0.29) is 24.6 Å². The van der Waals surface area contributed by atoms with E-state index in [9.17, 15) is 14.7 Å². The summed E-state index contributed by atoms with van der Waals surface area (Å²) in [6.07, 6.45) is 3.19. The predicted octanol–water partition coefficient (Wildman–Crippen LogP) is -0.875. The van der Waals surface area contributed by atoms with Crippen molar-refractivity contribution < 1.29 is 19.7 Å². The summed E-state index contributed by atoms with van der Waals surface area (Å²) in [4.78, 5) is 34.9. The van der Waals surface area contributed by atoms with Gasteiger partial charge in [0.2, 0.25) is 0 Å². The lowest BCUT2D eigenvalue weighted by atomic mass is 9.89. The van der Waals surface area contributed by atoms with Crippen LogP contribution in [0.2, 0.25) is 0 Å². The molecular formula is C15H23N4O3+. The number of carbonyl (C=O) groups is 2. The van der Waals surface area contributed by atoms with Gasteiger partial charge in [0.15, 0.2) is 5.92 Å². The molecule has 2 rings (SSSR count). The van der Waals surface area contributed by atoms with E-state index in [1.807, 2.05) is 13.8 Å². The first kappa shape index (κ1) is 16.4. The van der Waals surface area contributed by atoms with Crippen LogP contribution in [0, 0.1) is 5.92 Å². The third-order valence-electron chi connectivity index (χ3n) is 4.17. The van der Waals surface area contributed by atoms with Crippen molar-refractivity contribution in [2.75, 3.05) is 20.7 Å². The molecule has 2 unspecified atom stereocenters. The zero-order chi connectivity index (χ0) is 16.4. The molecule has 0 bridgehead atoms. The quantitative estimate of drug-likeness (QED) is 0.707. The fourth-order valence-electron chi connectivity index (χ4n) is 2.67. The van der Waals surface area contributed by atoms with Gasteiger partial charge >= 0.3 is 6.03 Å². The molecule has 120 valence electrons. The fraction of sp³-hybridized carbons (Fsp3) is 0.600. The van der Waals surface area contributed by atoms with Crippen LogP contribution >= 0.6 is 0 Å². The van der Waals surface area contributed by atoms with E-state index in [4.69, 9.17) is 0 Å². The highest BCUT2D eigenvalue weighted by atomic mass is 16.3. The van der Waals surface area contributed by atoms with E-state index in [1.165, 1.54) is 11.9 Å². The minimum atomic E-state index is -0.617. The van der Waals surface area contributed by atoms with E-state index in [0.29, 0.717) is 24.4 Å². The van der Waals surface area contributed by atoms with Gasteiger partial charge in [0.05, 0.1) is 31.6 Å². The Morgan fingerprint density at radius 1 is 1.32 bits per heavy atom. The van der Waals surface area contributed by atoms with Crippen LogP contribution in [0.1, 0.15) is 26.7 Å². The first-order valence-electron chi connectivity index (χ1n) is 7.52. The van der Waals surface area contributed by atoms with Crippen molar-refractivity contribution >= 4 is 23.5 Å². The summed E-state index contributed by atoms with van der Waals surface area (Å²) < 4.78 is 0. The lowest BCUT2D eigenvalue weighted by Gasteiger charge is -2.33. The van der Waals surface area contributed by atoms with Crippen LogP contribution in [-0.4, -0.2) is 65.1 Å². The third-order valence-corrected chi connectivity index (χ3v) is 4.17. The van der Waals surface area contributed by atoms with Crippen molar-refractivity contribution in [3.05, 3.63) is 11.8 Å². The van der Waals surface area contributed by atoms with Crippen molar-refractivity contribution in [2.45, 2.75) is 32.7 Å². The first-order valence-corrected chi connectivity index (χ1v) is 7.52. The monoisotopic (exact) mass is 307 g/mol. The van der Waals surface area contributed by atoms with E-state index >= 15 is 0 Å².